The molecule has 0 spiro atoms. The molecule has 2 amide bonds. The first-order valence-corrected chi connectivity index (χ1v) is 7.88. The fourth-order valence-corrected chi connectivity index (χ4v) is 3.12. The Morgan fingerprint density at radius 2 is 1.81 bits per heavy atom. The zero-order chi connectivity index (χ0) is 14.7. The van der Waals surface area contributed by atoms with Crippen LogP contribution in [0.3, 0.4) is 0 Å². The maximum atomic E-state index is 12.3. The van der Waals surface area contributed by atoms with Gasteiger partial charge < -0.3 is 10.6 Å². The molecule has 21 heavy (non-hydrogen) atoms. The molecule has 0 radical (unpaired) electrons. The molecule has 0 aliphatic heterocycles. The molecule has 2 aromatic rings. The van der Waals surface area contributed by atoms with Crippen LogP contribution in [0.25, 0.3) is 0 Å². The first kappa shape index (κ1) is 14.1. The van der Waals surface area contributed by atoms with Crippen molar-refractivity contribution in [3.05, 3.63) is 64.6 Å². The van der Waals surface area contributed by atoms with Crippen LogP contribution in [-0.4, -0.2) is 6.03 Å². The molecule has 1 aliphatic carbocycles. The predicted octanol–water partition coefficient (Wildman–Crippen LogP) is 4.65. The number of hydrogen-bond donors (Lipinski definition) is 2. The summed E-state index contributed by atoms with van der Waals surface area (Å²) < 4.78 is 0.946. The minimum absolute atomic E-state index is 0.156. The van der Waals surface area contributed by atoms with Gasteiger partial charge in [0.25, 0.3) is 0 Å². The quantitative estimate of drug-likeness (QED) is 0.835. The smallest absolute Gasteiger partial charge is 0.319 e. The highest BCUT2D eigenvalue weighted by Crippen LogP contribution is 2.41. The molecule has 0 heterocycles. The highest BCUT2D eigenvalue weighted by molar-refractivity contribution is 9.10. The number of rotatable bonds is 3. The van der Waals surface area contributed by atoms with E-state index in [0.29, 0.717) is 0 Å². The molecule has 1 saturated carbocycles. The number of hydrogen-bond acceptors (Lipinski definition) is 1. The molecule has 0 aromatic heterocycles. The molecule has 0 bridgehead atoms. The number of urea groups is 1. The highest BCUT2D eigenvalue weighted by Gasteiger charge is 2.39. The lowest BCUT2D eigenvalue weighted by Gasteiger charge is -2.43. The van der Waals surface area contributed by atoms with Gasteiger partial charge in [0.2, 0.25) is 0 Å². The standard InChI is InChI=1S/C17H17BrN2O/c18-14-8-4-9-15(12-14)19-16(21)20-17(10-5-11-17)13-6-2-1-3-7-13/h1-4,6-9,12H,5,10-11H2,(H2,19,20,21). The maximum Gasteiger partial charge on any atom is 0.319 e. The van der Waals surface area contributed by atoms with E-state index in [2.05, 4.69) is 38.7 Å². The van der Waals surface area contributed by atoms with Gasteiger partial charge in [0, 0.05) is 10.2 Å². The number of carbonyl (C=O) groups excluding carboxylic acids is 1. The molecule has 1 fully saturated rings. The minimum atomic E-state index is -0.211. The van der Waals surface area contributed by atoms with Gasteiger partial charge >= 0.3 is 6.03 Å². The fraction of sp³-hybridized carbons (Fsp3) is 0.235. The van der Waals surface area contributed by atoms with E-state index in [-0.39, 0.29) is 11.6 Å². The van der Waals surface area contributed by atoms with Gasteiger partial charge in [-0.1, -0.05) is 52.3 Å². The lowest BCUT2D eigenvalue weighted by molar-refractivity contribution is 0.185. The summed E-state index contributed by atoms with van der Waals surface area (Å²) in [7, 11) is 0. The van der Waals surface area contributed by atoms with Crippen LogP contribution in [0, 0.1) is 0 Å². The molecular formula is C17H17BrN2O. The third-order valence-corrected chi connectivity index (χ3v) is 4.46. The second-order valence-electron chi connectivity index (χ2n) is 5.39. The molecular weight excluding hydrogens is 328 g/mol. The third-order valence-electron chi connectivity index (χ3n) is 3.97. The van der Waals surface area contributed by atoms with Crippen LogP contribution >= 0.6 is 15.9 Å². The lowest BCUT2D eigenvalue weighted by atomic mass is 9.72. The van der Waals surface area contributed by atoms with Crippen molar-refractivity contribution in [2.45, 2.75) is 24.8 Å². The second kappa shape index (κ2) is 5.90. The van der Waals surface area contributed by atoms with Crippen molar-refractivity contribution in [3.63, 3.8) is 0 Å². The summed E-state index contributed by atoms with van der Waals surface area (Å²) in [5.74, 6) is 0. The van der Waals surface area contributed by atoms with E-state index in [9.17, 15) is 4.79 Å². The monoisotopic (exact) mass is 344 g/mol. The van der Waals surface area contributed by atoms with Gasteiger partial charge in [0.05, 0.1) is 5.54 Å². The summed E-state index contributed by atoms with van der Waals surface area (Å²) in [5.41, 5.74) is 1.75. The lowest BCUT2D eigenvalue weighted by Crippen LogP contribution is -2.52. The Labute approximate surface area is 132 Å². The van der Waals surface area contributed by atoms with Crippen LogP contribution in [0.4, 0.5) is 10.5 Å². The van der Waals surface area contributed by atoms with E-state index >= 15 is 0 Å². The number of amides is 2. The van der Waals surface area contributed by atoms with Crippen molar-refractivity contribution in [2.75, 3.05) is 5.32 Å². The molecule has 2 N–H and O–H groups in total. The Morgan fingerprint density at radius 1 is 1.05 bits per heavy atom. The molecule has 2 aromatic carbocycles. The molecule has 0 unspecified atom stereocenters. The molecule has 1 aliphatic rings. The van der Waals surface area contributed by atoms with Crippen LogP contribution in [0.5, 0.6) is 0 Å². The van der Waals surface area contributed by atoms with E-state index < -0.39 is 0 Å². The second-order valence-corrected chi connectivity index (χ2v) is 6.31. The molecule has 0 atom stereocenters. The van der Waals surface area contributed by atoms with Crippen LogP contribution in [0.1, 0.15) is 24.8 Å². The molecule has 108 valence electrons. The van der Waals surface area contributed by atoms with Gasteiger partial charge in [-0.3, -0.25) is 0 Å². The Morgan fingerprint density at radius 3 is 2.43 bits per heavy atom. The molecule has 3 nitrogen and oxygen atoms in total. The largest absolute Gasteiger partial charge is 0.328 e. The summed E-state index contributed by atoms with van der Waals surface area (Å²) >= 11 is 3.40. The minimum Gasteiger partial charge on any atom is -0.328 e. The Kier molecular flexibility index (Phi) is 3.97. The maximum absolute atomic E-state index is 12.3. The summed E-state index contributed by atoms with van der Waals surface area (Å²) in [6.07, 6.45) is 3.12. The zero-order valence-corrected chi connectivity index (χ0v) is 13.2. The van der Waals surface area contributed by atoms with Crippen LogP contribution in [0.2, 0.25) is 0 Å². The Balaban J connectivity index is 1.71. The van der Waals surface area contributed by atoms with Crippen molar-refractivity contribution in [1.29, 1.82) is 0 Å². The van der Waals surface area contributed by atoms with Gasteiger partial charge in [-0.05, 0) is 43.0 Å². The van der Waals surface area contributed by atoms with Crippen molar-refractivity contribution < 1.29 is 4.79 Å². The van der Waals surface area contributed by atoms with Gasteiger partial charge in [-0.25, -0.2) is 4.79 Å². The van der Waals surface area contributed by atoms with E-state index in [1.807, 2.05) is 42.5 Å². The predicted molar refractivity (Wildman–Crippen MR) is 88.3 cm³/mol. The molecule has 0 saturated heterocycles. The number of carbonyl (C=O) groups is 1. The van der Waals surface area contributed by atoms with E-state index in [1.165, 1.54) is 5.56 Å². The van der Waals surface area contributed by atoms with Crippen LogP contribution in [0.15, 0.2) is 59.1 Å². The van der Waals surface area contributed by atoms with Gasteiger partial charge in [0.15, 0.2) is 0 Å². The SMILES string of the molecule is O=C(Nc1cccc(Br)c1)NC1(c2ccccc2)CCC1. The van der Waals surface area contributed by atoms with Gasteiger partial charge in [-0.2, -0.15) is 0 Å². The molecule has 4 heteroatoms. The summed E-state index contributed by atoms with van der Waals surface area (Å²) in [6.45, 7) is 0. The average molecular weight is 345 g/mol. The normalized spacial score (nSPS) is 15.9. The first-order valence-electron chi connectivity index (χ1n) is 7.08. The number of nitrogens with one attached hydrogen (secondary N) is 2. The fourth-order valence-electron chi connectivity index (χ4n) is 2.72. The summed E-state index contributed by atoms with van der Waals surface area (Å²) in [5, 5.41) is 6.05. The van der Waals surface area contributed by atoms with Gasteiger partial charge in [0.1, 0.15) is 0 Å². The van der Waals surface area contributed by atoms with Crippen molar-refractivity contribution in [1.82, 2.24) is 5.32 Å². The van der Waals surface area contributed by atoms with Gasteiger partial charge in [-0.15, -0.1) is 0 Å². The van der Waals surface area contributed by atoms with E-state index in [1.54, 1.807) is 0 Å². The van der Waals surface area contributed by atoms with Crippen LogP contribution < -0.4 is 10.6 Å². The summed E-state index contributed by atoms with van der Waals surface area (Å²) in [4.78, 5) is 12.3. The van der Waals surface area contributed by atoms with E-state index in [0.717, 1.165) is 29.4 Å². The number of halogens is 1. The van der Waals surface area contributed by atoms with E-state index in [4.69, 9.17) is 0 Å². The highest BCUT2D eigenvalue weighted by atomic mass is 79.9. The third kappa shape index (κ3) is 3.10. The van der Waals surface area contributed by atoms with Crippen molar-refractivity contribution in [3.8, 4) is 0 Å². The average Bonchev–Trinajstić information content (AvgIpc) is 2.44. The topological polar surface area (TPSA) is 41.1 Å². The van der Waals surface area contributed by atoms with Crippen LogP contribution in [-0.2, 0) is 5.54 Å². The van der Waals surface area contributed by atoms with Crippen molar-refractivity contribution >= 4 is 27.6 Å². The zero-order valence-electron chi connectivity index (χ0n) is 11.6. The number of benzene rings is 2. The summed E-state index contributed by atoms with van der Waals surface area (Å²) in [6, 6.07) is 17.6. The number of anilines is 1. The Bertz CT molecular complexity index is 638. The molecule has 3 rings (SSSR count). The Hall–Kier alpha value is -1.81. The van der Waals surface area contributed by atoms with Crippen molar-refractivity contribution in [2.24, 2.45) is 0 Å². The first-order chi connectivity index (χ1) is 10.2.